The number of nitrogens with zero attached hydrogens (tertiary/aromatic N) is 1. The average molecular weight is 415 g/mol. The molecule has 4 aromatic rings. The summed E-state index contributed by atoms with van der Waals surface area (Å²) in [6.07, 6.45) is 0. The fourth-order valence-electron chi connectivity index (χ4n) is 4.58. The van der Waals surface area contributed by atoms with Gasteiger partial charge < -0.3 is 14.8 Å². The van der Waals surface area contributed by atoms with Crippen LogP contribution in [0.15, 0.2) is 65.5 Å². The molecule has 0 bridgehead atoms. The van der Waals surface area contributed by atoms with Crippen molar-refractivity contribution < 1.29 is 13.9 Å². The van der Waals surface area contributed by atoms with Crippen molar-refractivity contribution in [1.29, 1.82) is 0 Å². The molecule has 0 saturated carbocycles. The molecular weight excluding hydrogens is 397 g/mol. The van der Waals surface area contributed by atoms with Gasteiger partial charge >= 0.3 is 0 Å². The highest BCUT2D eigenvalue weighted by molar-refractivity contribution is 5.97. The first-order chi connectivity index (χ1) is 15.2. The van der Waals surface area contributed by atoms with Gasteiger partial charge in [-0.3, -0.25) is 4.79 Å². The number of hydrogen-bond donors (Lipinski definition) is 2. The lowest BCUT2D eigenvalue weighted by molar-refractivity contribution is 0.171. The topological polar surface area (TPSA) is 76.2 Å². The number of H-pyrrole nitrogens is 1. The average Bonchev–Trinajstić information content (AvgIpc) is 2.81. The van der Waals surface area contributed by atoms with Crippen molar-refractivity contribution in [2.24, 2.45) is 0 Å². The number of benzene rings is 3. The van der Waals surface area contributed by atoms with Crippen molar-refractivity contribution in [2.45, 2.75) is 12.0 Å². The number of aromatic amines is 1. The second kappa shape index (κ2) is 6.84. The van der Waals surface area contributed by atoms with Crippen molar-refractivity contribution in [3.05, 3.63) is 93.7 Å². The monoisotopic (exact) mass is 415 g/mol. The standard InChI is InChI=1S/C24H18FN3O3/c25-15-11-16-21-17(12-15)26-22(14-6-7-18-19(10-14)31-9-8-30-18)20(13-4-2-1-3-5-13)23(21)27-28-24(16)29/h1-7,10-12,20,22,26H,8-9H2,(H,28,29). The van der Waals surface area contributed by atoms with E-state index >= 15 is 0 Å². The summed E-state index contributed by atoms with van der Waals surface area (Å²) in [7, 11) is 0. The molecule has 3 aromatic carbocycles. The van der Waals surface area contributed by atoms with Crippen LogP contribution in [-0.4, -0.2) is 23.4 Å². The van der Waals surface area contributed by atoms with Gasteiger partial charge in [-0.1, -0.05) is 36.4 Å². The third kappa shape index (κ3) is 2.84. The Bertz CT molecular complexity index is 1370. The van der Waals surface area contributed by atoms with E-state index in [1.165, 1.54) is 12.1 Å². The van der Waals surface area contributed by atoms with E-state index in [0.717, 1.165) is 11.1 Å². The van der Waals surface area contributed by atoms with Gasteiger partial charge in [-0.2, -0.15) is 5.10 Å². The molecule has 0 radical (unpaired) electrons. The van der Waals surface area contributed by atoms with Crippen LogP contribution in [-0.2, 0) is 0 Å². The highest BCUT2D eigenvalue weighted by Crippen LogP contribution is 2.47. The molecular formula is C24H18FN3O3. The Kier molecular flexibility index (Phi) is 3.96. The molecule has 6 rings (SSSR count). The van der Waals surface area contributed by atoms with Crippen LogP contribution >= 0.6 is 0 Å². The molecule has 2 atom stereocenters. The van der Waals surface area contributed by atoms with Gasteiger partial charge in [0, 0.05) is 11.1 Å². The fraction of sp³-hybridized carbons (Fsp3) is 0.167. The molecule has 2 aliphatic heterocycles. The largest absolute Gasteiger partial charge is 0.486 e. The van der Waals surface area contributed by atoms with E-state index in [0.29, 0.717) is 41.5 Å². The number of aromatic nitrogens is 2. The minimum absolute atomic E-state index is 0.207. The number of anilines is 1. The van der Waals surface area contributed by atoms with Gasteiger partial charge in [-0.15, -0.1) is 0 Å². The summed E-state index contributed by atoms with van der Waals surface area (Å²) < 4.78 is 25.8. The van der Waals surface area contributed by atoms with E-state index in [1.807, 2.05) is 48.5 Å². The van der Waals surface area contributed by atoms with Crippen molar-refractivity contribution in [3.8, 4) is 11.5 Å². The number of nitrogens with one attached hydrogen (secondary N) is 2. The number of rotatable bonds is 2. The molecule has 2 unspecified atom stereocenters. The van der Waals surface area contributed by atoms with Crippen LogP contribution in [0.25, 0.3) is 10.8 Å². The number of fused-ring (bicyclic) bond motifs is 1. The smallest absolute Gasteiger partial charge is 0.272 e. The molecule has 6 nitrogen and oxygen atoms in total. The summed E-state index contributed by atoms with van der Waals surface area (Å²) in [6, 6.07) is 18.2. The maximum absolute atomic E-state index is 14.3. The molecule has 0 aliphatic carbocycles. The van der Waals surface area contributed by atoms with E-state index in [-0.39, 0.29) is 17.3 Å². The van der Waals surface area contributed by atoms with Crippen molar-refractivity contribution in [2.75, 3.05) is 18.5 Å². The van der Waals surface area contributed by atoms with Crippen molar-refractivity contribution in [3.63, 3.8) is 0 Å². The number of hydrogen-bond acceptors (Lipinski definition) is 5. The first-order valence-corrected chi connectivity index (χ1v) is 10.1. The Morgan fingerprint density at radius 1 is 0.935 bits per heavy atom. The molecule has 2 aliphatic rings. The Labute approximate surface area is 176 Å². The van der Waals surface area contributed by atoms with Crippen molar-refractivity contribution in [1.82, 2.24) is 10.2 Å². The highest BCUT2D eigenvalue weighted by atomic mass is 19.1. The van der Waals surface area contributed by atoms with Gasteiger partial charge in [0.05, 0.1) is 23.0 Å². The zero-order chi connectivity index (χ0) is 20.9. The van der Waals surface area contributed by atoms with Gasteiger partial charge in [0.1, 0.15) is 19.0 Å². The van der Waals surface area contributed by atoms with Crippen LogP contribution in [0.4, 0.5) is 10.1 Å². The molecule has 0 amide bonds. The van der Waals surface area contributed by atoms with Gasteiger partial charge in [0.15, 0.2) is 11.5 Å². The molecule has 2 N–H and O–H groups in total. The Morgan fingerprint density at radius 2 is 1.74 bits per heavy atom. The zero-order valence-corrected chi connectivity index (χ0v) is 16.4. The van der Waals surface area contributed by atoms with E-state index in [1.54, 1.807) is 0 Å². The van der Waals surface area contributed by atoms with E-state index in [4.69, 9.17) is 9.47 Å². The van der Waals surface area contributed by atoms with Crippen LogP contribution < -0.4 is 20.3 Å². The molecule has 7 heteroatoms. The number of ether oxygens (including phenoxy) is 2. The summed E-state index contributed by atoms with van der Waals surface area (Å²) in [5, 5.41) is 11.4. The van der Waals surface area contributed by atoms with Crippen LogP contribution in [0.3, 0.4) is 0 Å². The zero-order valence-electron chi connectivity index (χ0n) is 16.4. The molecule has 0 spiro atoms. The summed E-state index contributed by atoms with van der Waals surface area (Å²) in [5.41, 5.74) is 2.83. The van der Waals surface area contributed by atoms with Crippen LogP contribution in [0.2, 0.25) is 0 Å². The van der Waals surface area contributed by atoms with Gasteiger partial charge in [0.2, 0.25) is 0 Å². The lowest BCUT2D eigenvalue weighted by Gasteiger charge is -2.35. The molecule has 154 valence electrons. The van der Waals surface area contributed by atoms with Crippen LogP contribution in [0, 0.1) is 5.82 Å². The third-order valence-electron chi connectivity index (χ3n) is 5.90. The van der Waals surface area contributed by atoms with Gasteiger partial charge in [0.25, 0.3) is 5.56 Å². The SMILES string of the molecule is O=c1[nH]nc2c3c(cc(F)cc13)NC(c1ccc3c(c1)OCCO3)C2c1ccccc1. The molecule has 0 saturated heterocycles. The lowest BCUT2D eigenvalue weighted by Crippen LogP contribution is -2.28. The Balaban J connectivity index is 1.60. The summed E-state index contributed by atoms with van der Waals surface area (Å²) >= 11 is 0. The van der Waals surface area contributed by atoms with Crippen LogP contribution in [0.5, 0.6) is 11.5 Å². The van der Waals surface area contributed by atoms with E-state index in [9.17, 15) is 9.18 Å². The molecule has 1 aromatic heterocycles. The van der Waals surface area contributed by atoms with Gasteiger partial charge in [-0.05, 0) is 35.4 Å². The maximum Gasteiger partial charge on any atom is 0.272 e. The highest BCUT2D eigenvalue weighted by Gasteiger charge is 2.35. The minimum atomic E-state index is -0.475. The minimum Gasteiger partial charge on any atom is -0.486 e. The Hall–Kier alpha value is -3.87. The van der Waals surface area contributed by atoms with Crippen LogP contribution in [0.1, 0.15) is 28.8 Å². The quantitative estimate of drug-likeness (QED) is 0.515. The van der Waals surface area contributed by atoms with E-state index < -0.39 is 11.4 Å². The van der Waals surface area contributed by atoms with E-state index in [2.05, 4.69) is 15.5 Å². The molecule has 3 heterocycles. The predicted molar refractivity (Wildman–Crippen MR) is 114 cm³/mol. The third-order valence-corrected chi connectivity index (χ3v) is 5.90. The predicted octanol–water partition coefficient (Wildman–Crippen LogP) is 4.13. The summed E-state index contributed by atoms with van der Waals surface area (Å²) in [5.74, 6) is 0.706. The second-order valence-corrected chi connectivity index (χ2v) is 7.73. The summed E-state index contributed by atoms with van der Waals surface area (Å²) in [4.78, 5) is 12.4. The molecule has 31 heavy (non-hydrogen) atoms. The normalized spacial score (nSPS) is 19.1. The summed E-state index contributed by atoms with van der Waals surface area (Å²) in [6.45, 7) is 1.01. The fourth-order valence-corrected chi connectivity index (χ4v) is 4.58. The molecule has 0 fully saturated rings. The number of halogens is 1. The first-order valence-electron chi connectivity index (χ1n) is 10.1. The lowest BCUT2D eigenvalue weighted by atomic mass is 9.80. The maximum atomic E-state index is 14.3. The van der Waals surface area contributed by atoms with Crippen molar-refractivity contribution >= 4 is 16.5 Å². The van der Waals surface area contributed by atoms with Gasteiger partial charge in [-0.25, -0.2) is 9.49 Å². The second-order valence-electron chi connectivity index (χ2n) is 7.73. The Morgan fingerprint density at radius 3 is 2.58 bits per heavy atom. The first kappa shape index (κ1) is 17.9.